The average Bonchev–Trinajstić information content (AvgIpc) is 2.97. The zero-order valence-electron chi connectivity index (χ0n) is 11.7. The first-order valence-electron chi connectivity index (χ1n) is 7.05. The van der Waals surface area contributed by atoms with Gasteiger partial charge < -0.3 is 20.1 Å². The average molecular weight is 326 g/mol. The molecule has 2 rings (SSSR count). The van der Waals surface area contributed by atoms with E-state index in [9.17, 15) is 9.90 Å². The molecule has 21 heavy (non-hydrogen) atoms. The highest BCUT2D eigenvalue weighted by molar-refractivity contribution is 7.80. The van der Waals surface area contributed by atoms with Crippen LogP contribution in [0, 0.1) is 0 Å². The van der Waals surface area contributed by atoms with Crippen LogP contribution in [0.15, 0.2) is 24.3 Å². The van der Waals surface area contributed by atoms with Gasteiger partial charge in [-0.15, -0.1) is 0 Å². The van der Waals surface area contributed by atoms with Crippen LogP contribution in [0.25, 0.3) is 0 Å². The summed E-state index contributed by atoms with van der Waals surface area (Å²) in [4.78, 5) is 12.6. The number of carbonyl (C=O) groups excluding carboxylic acids is 1. The van der Waals surface area contributed by atoms with Crippen LogP contribution in [-0.2, 0) is 11.3 Å². The van der Waals surface area contributed by atoms with E-state index in [0.717, 1.165) is 18.4 Å². The van der Waals surface area contributed by atoms with Crippen LogP contribution in [-0.4, -0.2) is 28.6 Å². The molecule has 4 nitrogen and oxygen atoms in total. The monoisotopic (exact) mass is 325 g/mol. The molecule has 1 fully saturated rings. The molecule has 1 aliphatic rings. The van der Waals surface area contributed by atoms with Crippen molar-refractivity contribution in [3.05, 3.63) is 34.9 Å². The minimum atomic E-state index is -1.17. The van der Waals surface area contributed by atoms with Crippen LogP contribution >= 0.6 is 23.8 Å². The predicted octanol–water partition coefficient (Wildman–Crippen LogP) is 1.71. The number of carboxylic acid groups (broad SMARTS) is 1. The summed E-state index contributed by atoms with van der Waals surface area (Å²) in [5.41, 5.74) is 0.990. The molecule has 1 aliphatic carbocycles. The second-order valence-corrected chi connectivity index (χ2v) is 5.98. The minimum absolute atomic E-state index is 0.273. The van der Waals surface area contributed by atoms with E-state index in [0.29, 0.717) is 22.7 Å². The first-order valence-corrected chi connectivity index (χ1v) is 7.84. The quantitative estimate of drug-likeness (QED) is 0.835. The van der Waals surface area contributed by atoms with Gasteiger partial charge in [0.15, 0.2) is 5.11 Å². The number of carbonyl (C=O) groups is 1. The summed E-state index contributed by atoms with van der Waals surface area (Å²) in [6, 6.07) is 7.97. The Hall–Kier alpha value is -1.33. The van der Waals surface area contributed by atoms with Gasteiger partial charge in [-0.2, -0.15) is 0 Å². The van der Waals surface area contributed by atoms with Gasteiger partial charge in [-0.05, 0) is 36.7 Å². The molecule has 0 atom stereocenters. The van der Waals surface area contributed by atoms with Gasteiger partial charge in [-0.25, -0.2) is 0 Å². The smallest absolute Gasteiger partial charge is 0.169 e. The van der Waals surface area contributed by atoms with Gasteiger partial charge >= 0.3 is 0 Å². The highest BCUT2D eigenvalue weighted by Crippen LogP contribution is 2.26. The fraction of sp³-hybridized carbons (Fsp3) is 0.467. The number of rotatable bonds is 5. The molecule has 1 aromatic carbocycles. The molecule has 0 saturated heterocycles. The zero-order chi connectivity index (χ0) is 15.2. The summed E-state index contributed by atoms with van der Waals surface area (Å²) in [5, 5.41) is 14.5. The number of aliphatic carboxylic acids is 1. The van der Waals surface area contributed by atoms with E-state index in [2.05, 4.69) is 5.32 Å². The maximum Gasteiger partial charge on any atom is 0.169 e. The molecule has 1 N–H and O–H groups in total. The molecule has 0 spiro atoms. The number of nitrogens with zero attached hydrogens (tertiary/aromatic N) is 1. The third-order valence-electron chi connectivity index (χ3n) is 3.71. The van der Waals surface area contributed by atoms with E-state index in [1.54, 1.807) is 0 Å². The fourth-order valence-electron chi connectivity index (χ4n) is 2.64. The van der Waals surface area contributed by atoms with Gasteiger partial charge in [0.25, 0.3) is 0 Å². The Morgan fingerprint density at radius 1 is 1.38 bits per heavy atom. The van der Waals surface area contributed by atoms with Gasteiger partial charge in [0, 0.05) is 17.6 Å². The predicted molar refractivity (Wildman–Crippen MR) is 84.9 cm³/mol. The Morgan fingerprint density at radius 2 is 2.05 bits per heavy atom. The van der Waals surface area contributed by atoms with Crippen molar-refractivity contribution in [3.8, 4) is 0 Å². The SMILES string of the molecule is O=C([O-])CNC(=S)N(Cc1ccccc1Cl)C1CCCC1. The Balaban J connectivity index is 2.10. The van der Waals surface area contributed by atoms with Gasteiger partial charge in [0.05, 0.1) is 12.5 Å². The van der Waals surface area contributed by atoms with Gasteiger partial charge in [0.1, 0.15) is 0 Å². The number of benzene rings is 1. The number of hydrogen-bond donors (Lipinski definition) is 1. The molecule has 0 aromatic heterocycles. The summed E-state index contributed by atoms with van der Waals surface area (Å²) in [5.74, 6) is -1.17. The third kappa shape index (κ3) is 4.58. The first-order chi connectivity index (χ1) is 10.1. The van der Waals surface area contributed by atoms with E-state index in [-0.39, 0.29) is 6.54 Å². The fourth-order valence-corrected chi connectivity index (χ4v) is 3.12. The summed E-state index contributed by atoms with van der Waals surface area (Å²) >= 11 is 11.6. The lowest BCUT2D eigenvalue weighted by Crippen LogP contribution is -2.47. The Labute approximate surface area is 135 Å². The molecular weight excluding hydrogens is 308 g/mol. The number of carboxylic acids is 1. The van der Waals surface area contributed by atoms with Crippen molar-refractivity contribution in [2.75, 3.05) is 6.54 Å². The minimum Gasteiger partial charge on any atom is -0.548 e. The standard InChI is InChI=1S/C15H19ClN2O2S/c16-13-8-4-1-5-11(13)10-18(12-6-2-3-7-12)15(21)17-9-14(19)20/h1,4-5,8,12H,2-3,6-7,9-10H2,(H,17,21)(H,19,20)/p-1. The van der Waals surface area contributed by atoms with Crippen molar-refractivity contribution in [1.82, 2.24) is 10.2 Å². The Morgan fingerprint density at radius 3 is 2.67 bits per heavy atom. The Kier molecular flexibility index (Phi) is 5.82. The van der Waals surface area contributed by atoms with Crippen molar-refractivity contribution in [1.29, 1.82) is 0 Å². The van der Waals surface area contributed by atoms with Crippen LogP contribution in [0.4, 0.5) is 0 Å². The number of hydrogen-bond acceptors (Lipinski definition) is 3. The van der Waals surface area contributed by atoms with Crippen LogP contribution < -0.4 is 10.4 Å². The lowest BCUT2D eigenvalue weighted by Gasteiger charge is -2.32. The van der Waals surface area contributed by atoms with Crippen molar-refractivity contribution in [2.24, 2.45) is 0 Å². The molecule has 0 amide bonds. The molecule has 0 radical (unpaired) electrons. The summed E-state index contributed by atoms with van der Waals surface area (Å²) < 4.78 is 0. The van der Waals surface area contributed by atoms with E-state index in [4.69, 9.17) is 23.8 Å². The van der Waals surface area contributed by atoms with Crippen molar-refractivity contribution in [2.45, 2.75) is 38.3 Å². The van der Waals surface area contributed by atoms with Crippen LogP contribution in [0.1, 0.15) is 31.2 Å². The number of halogens is 1. The molecule has 0 unspecified atom stereocenters. The van der Waals surface area contributed by atoms with Crippen molar-refractivity contribution in [3.63, 3.8) is 0 Å². The molecule has 1 aromatic rings. The molecule has 6 heteroatoms. The maximum atomic E-state index is 10.6. The van der Waals surface area contributed by atoms with E-state index >= 15 is 0 Å². The molecule has 1 saturated carbocycles. The molecule has 114 valence electrons. The zero-order valence-corrected chi connectivity index (χ0v) is 13.3. The van der Waals surface area contributed by atoms with Crippen LogP contribution in [0.5, 0.6) is 0 Å². The Bertz CT molecular complexity index is 518. The summed E-state index contributed by atoms with van der Waals surface area (Å²) in [6.45, 7) is 0.313. The van der Waals surface area contributed by atoms with Crippen molar-refractivity contribution >= 4 is 34.9 Å². The van der Waals surface area contributed by atoms with Crippen molar-refractivity contribution < 1.29 is 9.90 Å². The highest BCUT2D eigenvalue weighted by Gasteiger charge is 2.25. The molecule has 0 aliphatic heterocycles. The number of thiocarbonyl (C=S) groups is 1. The second-order valence-electron chi connectivity index (χ2n) is 5.19. The van der Waals surface area contributed by atoms with Crippen LogP contribution in [0.2, 0.25) is 5.02 Å². The highest BCUT2D eigenvalue weighted by atomic mass is 35.5. The summed E-state index contributed by atoms with van der Waals surface area (Å²) in [6.07, 6.45) is 4.48. The first kappa shape index (κ1) is 16.0. The van der Waals surface area contributed by atoms with Gasteiger partial charge in [-0.3, -0.25) is 0 Å². The van der Waals surface area contributed by atoms with Gasteiger partial charge in [0.2, 0.25) is 0 Å². The summed E-state index contributed by atoms with van der Waals surface area (Å²) in [7, 11) is 0. The van der Waals surface area contributed by atoms with E-state index in [1.165, 1.54) is 12.8 Å². The molecule has 0 bridgehead atoms. The molecular formula is C15H18ClN2O2S-. The lowest BCUT2D eigenvalue weighted by molar-refractivity contribution is -0.303. The lowest BCUT2D eigenvalue weighted by atomic mass is 10.1. The van der Waals surface area contributed by atoms with E-state index in [1.807, 2.05) is 29.2 Å². The van der Waals surface area contributed by atoms with E-state index < -0.39 is 5.97 Å². The second kappa shape index (κ2) is 7.61. The van der Waals surface area contributed by atoms with Crippen LogP contribution in [0.3, 0.4) is 0 Å². The third-order valence-corrected chi connectivity index (χ3v) is 4.46. The largest absolute Gasteiger partial charge is 0.548 e. The molecule has 0 heterocycles. The van der Waals surface area contributed by atoms with Gasteiger partial charge in [-0.1, -0.05) is 42.6 Å². The topological polar surface area (TPSA) is 55.4 Å². The maximum absolute atomic E-state index is 10.6. The normalized spacial score (nSPS) is 14.9. The number of nitrogens with one attached hydrogen (secondary N) is 1.